The van der Waals surface area contributed by atoms with Gasteiger partial charge < -0.3 is 10.6 Å². The minimum Gasteiger partial charge on any atom is -0.357 e. The van der Waals surface area contributed by atoms with Crippen LogP contribution in [-0.2, 0) is 4.79 Å². The van der Waals surface area contributed by atoms with Crippen LogP contribution in [0.3, 0.4) is 0 Å². The highest BCUT2D eigenvalue weighted by Gasteiger charge is 2.20. The maximum atomic E-state index is 11.7. The zero-order valence-electron chi connectivity index (χ0n) is 11.6. The number of hydrogen-bond acceptors (Lipinski definition) is 4. The summed E-state index contributed by atoms with van der Waals surface area (Å²) in [6.45, 7) is 1.97. The predicted octanol–water partition coefficient (Wildman–Crippen LogP) is 2.07. The van der Waals surface area contributed by atoms with E-state index in [0.717, 1.165) is 5.69 Å². The predicted molar refractivity (Wildman–Crippen MR) is 75.0 cm³/mol. The van der Waals surface area contributed by atoms with E-state index >= 15 is 0 Å². The molecule has 1 aliphatic rings. The van der Waals surface area contributed by atoms with E-state index in [-0.39, 0.29) is 11.9 Å². The first-order valence-electron chi connectivity index (χ1n) is 7.05. The molecular formula is C14H22N4O. The summed E-state index contributed by atoms with van der Waals surface area (Å²) < 4.78 is 0. The molecule has 0 aliphatic heterocycles. The maximum Gasteiger partial charge on any atom is 0.242 e. The van der Waals surface area contributed by atoms with Gasteiger partial charge in [-0.25, -0.2) is 9.97 Å². The Morgan fingerprint density at radius 2 is 2.21 bits per heavy atom. The summed E-state index contributed by atoms with van der Waals surface area (Å²) in [7, 11) is 1.64. The highest BCUT2D eigenvalue weighted by Crippen LogP contribution is 2.32. The van der Waals surface area contributed by atoms with Crippen LogP contribution in [0.4, 0.5) is 5.95 Å². The van der Waals surface area contributed by atoms with Crippen molar-refractivity contribution in [2.24, 2.45) is 0 Å². The van der Waals surface area contributed by atoms with E-state index in [1.54, 1.807) is 13.2 Å². The number of anilines is 1. The molecule has 1 amide bonds. The first kappa shape index (κ1) is 13.8. The number of amides is 1. The Hall–Kier alpha value is -1.65. The highest BCUT2D eigenvalue weighted by atomic mass is 16.2. The molecule has 2 rings (SSSR count). The second kappa shape index (κ2) is 6.50. The molecule has 5 nitrogen and oxygen atoms in total. The van der Waals surface area contributed by atoms with Crippen LogP contribution < -0.4 is 10.6 Å². The Morgan fingerprint density at radius 3 is 2.84 bits per heavy atom. The SMILES string of the molecule is CC[C@H](Nc1nccc(C2CCCC2)n1)C(=O)NC. The zero-order valence-corrected chi connectivity index (χ0v) is 11.6. The highest BCUT2D eigenvalue weighted by molar-refractivity contribution is 5.83. The Balaban J connectivity index is 2.07. The molecule has 0 radical (unpaired) electrons. The summed E-state index contributed by atoms with van der Waals surface area (Å²) in [6, 6.07) is 1.71. The van der Waals surface area contributed by atoms with E-state index in [9.17, 15) is 4.79 Å². The van der Waals surface area contributed by atoms with Crippen LogP contribution in [0.2, 0.25) is 0 Å². The van der Waals surface area contributed by atoms with Gasteiger partial charge in [0.15, 0.2) is 0 Å². The standard InChI is InChI=1S/C14H22N4O/c1-3-11(13(19)15-2)17-14-16-9-8-12(18-14)10-6-4-5-7-10/h8-11H,3-7H2,1-2H3,(H,15,19)(H,16,17,18)/t11-/m0/s1. The van der Waals surface area contributed by atoms with E-state index < -0.39 is 0 Å². The molecule has 1 heterocycles. The molecule has 1 aromatic rings. The summed E-state index contributed by atoms with van der Waals surface area (Å²) in [5, 5.41) is 5.76. The number of nitrogens with one attached hydrogen (secondary N) is 2. The molecule has 19 heavy (non-hydrogen) atoms. The number of rotatable bonds is 5. The first-order chi connectivity index (χ1) is 9.24. The molecule has 104 valence electrons. The first-order valence-corrected chi connectivity index (χ1v) is 7.05. The van der Waals surface area contributed by atoms with Crippen LogP contribution in [0.25, 0.3) is 0 Å². The molecule has 0 unspecified atom stereocenters. The van der Waals surface area contributed by atoms with Crippen molar-refractivity contribution in [1.82, 2.24) is 15.3 Å². The lowest BCUT2D eigenvalue weighted by Gasteiger charge is -2.16. The Bertz CT molecular complexity index is 429. The number of hydrogen-bond donors (Lipinski definition) is 2. The minimum absolute atomic E-state index is 0.0302. The van der Waals surface area contributed by atoms with Crippen molar-refractivity contribution in [1.29, 1.82) is 0 Å². The largest absolute Gasteiger partial charge is 0.357 e. The molecule has 0 aromatic carbocycles. The van der Waals surface area contributed by atoms with Crippen LogP contribution in [-0.4, -0.2) is 29.0 Å². The lowest BCUT2D eigenvalue weighted by molar-refractivity contribution is -0.121. The van der Waals surface area contributed by atoms with Gasteiger partial charge in [-0.1, -0.05) is 19.8 Å². The average molecular weight is 262 g/mol. The van der Waals surface area contributed by atoms with Crippen molar-refractivity contribution in [3.8, 4) is 0 Å². The van der Waals surface area contributed by atoms with Gasteiger partial charge in [0.1, 0.15) is 6.04 Å². The number of likely N-dealkylation sites (N-methyl/N-ethyl adjacent to an activating group) is 1. The fourth-order valence-corrected chi connectivity index (χ4v) is 2.57. The fourth-order valence-electron chi connectivity index (χ4n) is 2.57. The molecule has 1 aliphatic carbocycles. The maximum absolute atomic E-state index is 11.7. The number of nitrogens with zero attached hydrogens (tertiary/aromatic N) is 2. The van der Waals surface area contributed by atoms with Gasteiger partial charge in [0.05, 0.1) is 0 Å². The summed E-state index contributed by atoms with van der Waals surface area (Å²) in [4.78, 5) is 20.4. The Morgan fingerprint density at radius 1 is 1.47 bits per heavy atom. The lowest BCUT2D eigenvalue weighted by atomic mass is 10.0. The van der Waals surface area contributed by atoms with E-state index in [0.29, 0.717) is 18.3 Å². The quantitative estimate of drug-likeness (QED) is 0.852. The topological polar surface area (TPSA) is 66.9 Å². The van der Waals surface area contributed by atoms with Crippen LogP contribution in [0, 0.1) is 0 Å². The van der Waals surface area contributed by atoms with Crippen molar-refractivity contribution in [2.75, 3.05) is 12.4 Å². The average Bonchev–Trinajstić information content (AvgIpc) is 2.98. The third kappa shape index (κ3) is 3.43. The van der Waals surface area contributed by atoms with Gasteiger partial charge in [0.2, 0.25) is 11.9 Å². The molecule has 5 heteroatoms. The summed E-state index contributed by atoms with van der Waals surface area (Å²) >= 11 is 0. The van der Waals surface area contributed by atoms with Gasteiger partial charge >= 0.3 is 0 Å². The Kier molecular flexibility index (Phi) is 4.71. The number of carbonyl (C=O) groups excluding carboxylic acids is 1. The van der Waals surface area contributed by atoms with Crippen molar-refractivity contribution in [3.63, 3.8) is 0 Å². The van der Waals surface area contributed by atoms with Crippen LogP contribution in [0.15, 0.2) is 12.3 Å². The summed E-state index contributed by atoms with van der Waals surface area (Å²) in [5.41, 5.74) is 1.10. The van der Waals surface area contributed by atoms with Gasteiger partial charge in [-0.05, 0) is 25.3 Å². The number of aromatic nitrogens is 2. The molecular weight excluding hydrogens is 240 g/mol. The van der Waals surface area contributed by atoms with Crippen molar-refractivity contribution in [3.05, 3.63) is 18.0 Å². The third-order valence-electron chi connectivity index (χ3n) is 3.73. The normalized spacial score (nSPS) is 17.2. The van der Waals surface area contributed by atoms with E-state index in [4.69, 9.17) is 0 Å². The molecule has 1 fully saturated rings. The number of carbonyl (C=O) groups is 1. The molecule has 1 atom stereocenters. The fraction of sp³-hybridized carbons (Fsp3) is 0.643. The minimum atomic E-state index is -0.274. The van der Waals surface area contributed by atoms with Crippen LogP contribution >= 0.6 is 0 Å². The van der Waals surface area contributed by atoms with Gasteiger partial charge in [0.25, 0.3) is 0 Å². The monoisotopic (exact) mass is 262 g/mol. The van der Waals surface area contributed by atoms with Gasteiger partial charge in [-0.3, -0.25) is 4.79 Å². The van der Waals surface area contributed by atoms with Gasteiger partial charge in [-0.2, -0.15) is 0 Å². The zero-order chi connectivity index (χ0) is 13.7. The van der Waals surface area contributed by atoms with E-state index in [2.05, 4.69) is 20.6 Å². The third-order valence-corrected chi connectivity index (χ3v) is 3.73. The van der Waals surface area contributed by atoms with E-state index in [1.807, 2.05) is 13.0 Å². The van der Waals surface area contributed by atoms with Crippen molar-refractivity contribution < 1.29 is 4.79 Å². The van der Waals surface area contributed by atoms with Gasteiger partial charge in [0, 0.05) is 24.9 Å². The second-order valence-corrected chi connectivity index (χ2v) is 5.01. The summed E-state index contributed by atoms with van der Waals surface area (Å²) in [6.07, 6.45) is 7.48. The molecule has 2 N–H and O–H groups in total. The molecule has 0 saturated heterocycles. The molecule has 1 aromatic heterocycles. The molecule has 0 bridgehead atoms. The van der Waals surface area contributed by atoms with Crippen LogP contribution in [0.5, 0.6) is 0 Å². The molecule has 0 spiro atoms. The van der Waals surface area contributed by atoms with Crippen LogP contribution in [0.1, 0.15) is 50.6 Å². The Labute approximate surface area is 114 Å². The van der Waals surface area contributed by atoms with Gasteiger partial charge in [-0.15, -0.1) is 0 Å². The van der Waals surface area contributed by atoms with Crippen molar-refractivity contribution in [2.45, 2.75) is 51.0 Å². The summed E-state index contributed by atoms with van der Waals surface area (Å²) in [5.74, 6) is 1.08. The van der Waals surface area contributed by atoms with Crippen molar-refractivity contribution >= 4 is 11.9 Å². The van der Waals surface area contributed by atoms with E-state index in [1.165, 1.54) is 25.7 Å². The smallest absolute Gasteiger partial charge is 0.242 e. The lowest BCUT2D eigenvalue weighted by Crippen LogP contribution is -2.37. The second-order valence-electron chi connectivity index (χ2n) is 5.01. The molecule has 1 saturated carbocycles.